The van der Waals surface area contributed by atoms with Crippen LogP contribution >= 0.6 is 24.0 Å². The summed E-state index contributed by atoms with van der Waals surface area (Å²) in [4.78, 5) is 18.5. The van der Waals surface area contributed by atoms with Gasteiger partial charge in [0.25, 0.3) is 0 Å². The molecule has 0 amide bonds. The third-order valence-electron chi connectivity index (χ3n) is 4.80. The van der Waals surface area contributed by atoms with Crippen molar-refractivity contribution in [1.29, 1.82) is 0 Å². The SMILES string of the molecule is CN=C(NCCCCCCC(=O)OC(C)(C)C)NCC(C)(C)N1CCOCC1.I. The molecule has 7 nitrogen and oxygen atoms in total. The van der Waals surface area contributed by atoms with Crippen molar-refractivity contribution in [2.24, 2.45) is 4.99 Å². The molecular weight excluding hydrogens is 483 g/mol. The smallest absolute Gasteiger partial charge is 0.306 e. The highest BCUT2D eigenvalue weighted by Gasteiger charge is 2.28. The fourth-order valence-electron chi connectivity index (χ4n) is 3.15. The average Bonchev–Trinajstić information content (AvgIpc) is 2.62. The topological polar surface area (TPSA) is 75.2 Å². The minimum absolute atomic E-state index is 0. The summed E-state index contributed by atoms with van der Waals surface area (Å²) in [6, 6.07) is 0. The molecule has 0 bridgehead atoms. The van der Waals surface area contributed by atoms with E-state index in [-0.39, 0.29) is 41.1 Å². The van der Waals surface area contributed by atoms with E-state index < -0.39 is 0 Å². The molecule has 29 heavy (non-hydrogen) atoms. The van der Waals surface area contributed by atoms with E-state index in [0.29, 0.717) is 6.42 Å². The number of carbonyl (C=O) groups excluding carboxylic acids is 1. The Hall–Kier alpha value is -0.610. The van der Waals surface area contributed by atoms with Crippen LogP contribution in [0.25, 0.3) is 0 Å². The van der Waals surface area contributed by atoms with Crippen LogP contribution < -0.4 is 10.6 Å². The van der Waals surface area contributed by atoms with Gasteiger partial charge in [-0.15, -0.1) is 24.0 Å². The number of hydrogen-bond donors (Lipinski definition) is 2. The lowest BCUT2D eigenvalue weighted by atomic mass is 10.0. The van der Waals surface area contributed by atoms with Crippen LogP contribution in [0.3, 0.4) is 0 Å². The lowest BCUT2D eigenvalue weighted by molar-refractivity contribution is -0.154. The highest BCUT2D eigenvalue weighted by molar-refractivity contribution is 14.0. The third kappa shape index (κ3) is 13.3. The van der Waals surface area contributed by atoms with E-state index in [4.69, 9.17) is 9.47 Å². The van der Waals surface area contributed by atoms with Crippen molar-refractivity contribution in [1.82, 2.24) is 15.5 Å². The van der Waals surface area contributed by atoms with Crippen LogP contribution in [0.4, 0.5) is 0 Å². The molecule has 0 aliphatic carbocycles. The van der Waals surface area contributed by atoms with Gasteiger partial charge in [0.2, 0.25) is 0 Å². The van der Waals surface area contributed by atoms with Crippen molar-refractivity contribution in [3.63, 3.8) is 0 Å². The first-order valence-electron chi connectivity index (χ1n) is 10.6. The summed E-state index contributed by atoms with van der Waals surface area (Å²) >= 11 is 0. The van der Waals surface area contributed by atoms with Gasteiger partial charge in [-0.25, -0.2) is 0 Å². The quantitative estimate of drug-likeness (QED) is 0.150. The van der Waals surface area contributed by atoms with E-state index in [2.05, 4.69) is 34.4 Å². The van der Waals surface area contributed by atoms with E-state index in [1.54, 1.807) is 7.05 Å². The van der Waals surface area contributed by atoms with Crippen molar-refractivity contribution in [3.05, 3.63) is 0 Å². The minimum atomic E-state index is -0.389. The predicted molar refractivity (Wildman–Crippen MR) is 130 cm³/mol. The molecule has 1 fully saturated rings. The first-order valence-corrected chi connectivity index (χ1v) is 10.6. The molecule has 0 atom stereocenters. The van der Waals surface area contributed by atoms with Crippen LogP contribution in [0.5, 0.6) is 0 Å². The van der Waals surface area contributed by atoms with Gasteiger partial charge in [-0.3, -0.25) is 14.7 Å². The Kier molecular flexibility index (Phi) is 14.1. The Labute approximate surface area is 194 Å². The molecule has 172 valence electrons. The molecule has 0 radical (unpaired) electrons. The van der Waals surface area contributed by atoms with E-state index in [1.165, 1.54) is 0 Å². The number of esters is 1. The first kappa shape index (κ1) is 28.4. The normalized spacial score (nSPS) is 16.1. The van der Waals surface area contributed by atoms with E-state index in [0.717, 1.165) is 71.0 Å². The Bertz CT molecular complexity index is 487. The number of carbonyl (C=O) groups is 1. The molecule has 0 aromatic heterocycles. The van der Waals surface area contributed by atoms with Crippen molar-refractivity contribution < 1.29 is 14.3 Å². The molecule has 1 saturated heterocycles. The Balaban J connectivity index is 0.00000784. The number of morpholine rings is 1. The highest BCUT2D eigenvalue weighted by atomic mass is 127. The summed E-state index contributed by atoms with van der Waals surface area (Å²) in [6.07, 6.45) is 4.57. The van der Waals surface area contributed by atoms with E-state index >= 15 is 0 Å². The number of ether oxygens (including phenoxy) is 2. The third-order valence-corrected chi connectivity index (χ3v) is 4.80. The van der Waals surface area contributed by atoms with Crippen LogP contribution in [0, 0.1) is 0 Å². The molecule has 0 spiro atoms. The standard InChI is InChI=1S/C21H42N4O3.HI/c1-20(2,3)28-18(26)11-9-7-8-10-12-23-19(22-6)24-17-21(4,5)25-13-15-27-16-14-25;/h7-17H2,1-6H3,(H2,22,23,24);1H. The number of rotatable bonds is 10. The van der Waals surface area contributed by atoms with Gasteiger partial charge < -0.3 is 20.1 Å². The van der Waals surface area contributed by atoms with Gasteiger partial charge in [0, 0.05) is 45.2 Å². The second kappa shape index (κ2) is 14.4. The van der Waals surface area contributed by atoms with Gasteiger partial charge in [0.15, 0.2) is 5.96 Å². The van der Waals surface area contributed by atoms with Crippen molar-refractivity contribution in [2.45, 2.75) is 77.9 Å². The summed E-state index contributed by atoms with van der Waals surface area (Å²) in [6.45, 7) is 15.5. The van der Waals surface area contributed by atoms with Gasteiger partial charge in [-0.1, -0.05) is 12.8 Å². The lowest BCUT2D eigenvalue weighted by Gasteiger charge is -2.41. The minimum Gasteiger partial charge on any atom is -0.460 e. The van der Waals surface area contributed by atoms with Gasteiger partial charge in [-0.05, 0) is 47.5 Å². The summed E-state index contributed by atoms with van der Waals surface area (Å²) in [5, 5.41) is 6.82. The van der Waals surface area contributed by atoms with Crippen LogP contribution in [-0.2, 0) is 14.3 Å². The molecule has 0 unspecified atom stereocenters. The monoisotopic (exact) mass is 526 g/mol. The van der Waals surface area contributed by atoms with Crippen molar-refractivity contribution in [2.75, 3.05) is 46.4 Å². The number of guanidine groups is 1. The molecule has 0 saturated carbocycles. The molecule has 1 aliphatic rings. The second-order valence-corrected chi connectivity index (χ2v) is 9.02. The van der Waals surface area contributed by atoms with Crippen LogP contribution in [0.1, 0.15) is 66.7 Å². The largest absolute Gasteiger partial charge is 0.460 e. The summed E-state index contributed by atoms with van der Waals surface area (Å²) < 4.78 is 10.8. The van der Waals surface area contributed by atoms with Crippen LogP contribution in [0.2, 0.25) is 0 Å². The maximum atomic E-state index is 11.7. The van der Waals surface area contributed by atoms with Crippen molar-refractivity contribution >= 4 is 35.9 Å². The molecule has 8 heteroatoms. The summed E-state index contributed by atoms with van der Waals surface area (Å²) in [7, 11) is 1.80. The van der Waals surface area contributed by atoms with Gasteiger partial charge in [0.1, 0.15) is 5.60 Å². The number of aliphatic imine (C=N–C) groups is 1. The number of hydrogen-bond acceptors (Lipinski definition) is 5. The first-order chi connectivity index (χ1) is 13.1. The Morgan fingerprint density at radius 1 is 1.03 bits per heavy atom. The second-order valence-electron chi connectivity index (χ2n) is 9.02. The van der Waals surface area contributed by atoms with Crippen molar-refractivity contribution in [3.8, 4) is 0 Å². The molecule has 0 aromatic carbocycles. The van der Waals surface area contributed by atoms with Gasteiger partial charge >= 0.3 is 5.97 Å². The molecule has 1 rings (SSSR count). The number of halogens is 1. The maximum absolute atomic E-state index is 11.7. The fraction of sp³-hybridized carbons (Fsp3) is 0.905. The average molecular weight is 527 g/mol. The van der Waals surface area contributed by atoms with Crippen LogP contribution in [0.15, 0.2) is 4.99 Å². The molecule has 2 N–H and O–H groups in total. The maximum Gasteiger partial charge on any atom is 0.306 e. The summed E-state index contributed by atoms with van der Waals surface area (Å²) in [5.74, 6) is 0.744. The van der Waals surface area contributed by atoms with E-state index in [9.17, 15) is 4.79 Å². The number of nitrogens with zero attached hydrogens (tertiary/aromatic N) is 2. The highest BCUT2D eigenvalue weighted by Crippen LogP contribution is 2.15. The zero-order chi connectivity index (χ0) is 21.0. The number of unbranched alkanes of at least 4 members (excludes halogenated alkanes) is 3. The van der Waals surface area contributed by atoms with Crippen LogP contribution in [-0.4, -0.2) is 74.4 Å². The van der Waals surface area contributed by atoms with Gasteiger partial charge in [0.05, 0.1) is 13.2 Å². The van der Waals surface area contributed by atoms with Gasteiger partial charge in [-0.2, -0.15) is 0 Å². The number of nitrogens with one attached hydrogen (secondary N) is 2. The molecule has 1 heterocycles. The molecule has 1 aliphatic heterocycles. The molecular formula is C21H43IN4O3. The van der Waals surface area contributed by atoms with E-state index in [1.807, 2.05) is 20.8 Å². The fourth-order valence-corrected chi connectivity index (χ4v) is 3.15. The lowest BCUT2D eigenvalue weighted by Crippen LogP contribution is -2.56. The summed E-state index contributed by atoms with van der Waals surface area (Å²) in [5.41, 5.74) is -0.330. The zero-order valence-corrected chi connectivity index (χ0v) is 21.6. The molecule has 0 aromatic rings. The zero-order valence-electron chi connectivity index (χ0n) is 19.3. The Morgan fingerprint density at radius 2 is 1.66 bits per heavy atom. The Morgan fingerprint density at radius 3 is 2.24 bits per heavy atom. The predicted octanol–water partition coefficient (Wildman–Crippen LogP) is 3.17.